The Kier molecular flexibility index (Phi) is 3.39. The molecule has 0 aromatic heterocycles. The van der Waals surface area contributed by atoms with Crippen LogP contribution in [-0.4, -0.2) is 24.5 Å². The van der Waals surface area contributed by atoms with Gasteiger partial charge in [-0.2, -0.15) is 0 Å². The van der Waals surface area contributed by atoms with Crippen molar-refractivity contribution in [1.29, 1.82) is 0 Å². The maximum absolute atomic E-state index is 2.74. The first-order valence-electron chi connectivity index (χ1n) is 6.82. The Labute approximate surface area is 95.2 Å². The Balaban J connectivity index is 2.07. The van der Waals surface area contributed by atoms with Crippen LogP contribution in [-0.2, 0) is 0 Å². The van der Waals surface area contributed by atoms with Gasteiger partial charge in [-0.15, -0.1) is 0 Å². The van der Waals surface area contributed by atoms with E-state index >= 15 is 0 Å². The van der Waals surface area contributed by atoms with Crippen LogP contribution in [0.4, 0.5) is 0 Å². The summed E-state index contributed by atoms with van der Waals surface area (Å²) in [4.78, 5) is 2.74. The number of nitrogens with zero attached hydrogens (tertiary/aromatic N) is 1. The molecule has 0 amide bonds. The molecule has 2 aliphatic heterocycles. The molecule has 88 valence electrons. The van der Waals surface area contributed by atoms with E-state index in [1.807, 2.05) is 0 Å². The lowest BCUT2D eigenvalue weighted by Gasteiger charge is -2.48. The summed E-state index contributed by atoms with van der Waals surface area (Å²) in [7, 11) is 0. The smallest absolute Gasteiger partial charge is 0.00380 e. The van der Waals surface area contributed by atoms with Gasteiger partial charge in [0.15, 0.2) is 0 Å². The maximum Gasteiger partial charge on any atom is 0.00380 e. The van der Waals surface area contributed by atoms with Crippen LogP contribution in [0.2, 0.25) is 0 Å². The second-order valence-electron chi connectivity index (χ2n) is 6.46. The normalized spacial score (nSPS) is 42.4. The minimum atomic E-state index is 0.584. The van der Waals surface area contributed by atoms with Crippen molar-refractivity contribution in [2.45, 2.75) is 52.9 Å². The van der Waals surface area contributed by atoms with E-state index in [0.717, 1.165) is 11.8 Å². The van der Waals surface area contributed by atoms with Gasteiger partial charge in [0.1, 0.15) is 0 Å². The molecule has 0 spiro atoms. The van der Waals surface area contributed by atoms with Gasteiger partial charge in [-0.05, 0) is 43.1 Å². The highest BCUT2D eigenvalue weighted by Crippen LogP contribution is 2.41. The standard InChI is InChI=1S/C14H27N/c1-12(2)14(3)9-13-7-5-4-6-8-15(10-13)11-14/h12-13H,4-11H2,1-3H3. The highest BCUT2D eigenvalue weighted by atomic mass is 15.1. The van der Waals surface area contributed by atoms with E-state index in [1.165, 1.54) is 51.7 Å². The first kappa shape index (κ1) is 11.4. The van der Waals surface area contributed by atoms with Crippen LogP contribution in [0.1, 0.15) is 52.9 Å². The predicted octanol–water partition coefficient (Wildman–Crippen LogP) is 3.54. The van der Waals surface area contributed by atoms with Gasteiger partial charge in [-0.25, -0.2) is 0 Å². The second-order valence-corrected chi connectivity index (χ2v) is 6.46. The van der Waals surface area contributed by atoms with Crippen LogP contribution in [0.15, 0.2) is 0 Å². The Morgan fingerprint density at radius 3 is 2.73 bits per heavy atom. The predicted molar refractivity (Wildman–Crippen MR) is 66.0 cm³/mol. The highest BCUT2D eigenvalue weighted by Gasteiger charge is 2.38. The van der Waals surface area contributed by atoms with Crippen LogP contribution in [0.5, 0.6) is 0 Å². The van der Waals surface area contributed by atoms with Crippen molar-refractivity contribution in [1.82, 2.24) is 4.90 Å². The minimum absolute atomic E-state index is 0.584. The largest absolute Gasteiger partial charge is 0.303 e. The third-order valence-electron chi connectivity index (χ3n) is 4.84. The van der Waals surface area contributed by atoms with Gasteiger partial charge < -0.3 is 4.90 Å². The molecule has 0 radical (unpaired) electrons. The summed E-state index contributed by atoms with van der Waals surface area (Å²) in [5.74, 6) is 1.83. The molecule has 0 N–H and O–H groups in total. The molecule has 2 heterocycles. The lowest BCUT2D eigenvalue weighted by Crippen LogP contribution is -2.49. The molecular weight excluding hydrogens is 182 g/mol. The summed E-state index contributed by atoms with van der Waals surface area (Å²) in [6, 6.07) is 0. The van der Waals surface area contributed by atoms with Crippen LogP contribution >= 0.6 is 0 Å². The van der Waals surface area contributed by atoms with Crippen LogP contribution in [0.25, 0.3) is 0 Å². The van der Waals surface area contributed by atoms with Crippen LogP contribution in [0, 0.1) is 17.3 Å². The number of hydrogen-bond donors (Lipinski definition) is 0. The van der Waals surface area contributed by atoms with Gasteiger partial charge in [0, 0.05) is 13.1 Å². The van der Waals surface area contributed by atoms with E-state index in [9.17, 15) is 0 Å². The summed E-state index contributed by atoms with van der Waals surface area (Å²) >= 11 is 0. The molecule has 1 heteroatoms. The fraction of sp³-hybridized carbons (Fsp3) is 1.00. The molecule has 15 heavy (non-hydrogen) atoms. The average Bonchev–Trinajstić information content (AvgIpc) is 2.14. The number of fused-ring (bicyclic) bond motifs is 2. The van der Waals surface area contributed by atoms with Crippen molar-refractivity contribution in [2.75, 3.05) is 19.6 Å². The zero-order valence-electron chi connectivity index (χ0n) is 10.8. The van der Waals surface area contributed by atoms with E-state index in [1.54, 1.807) is 0 Å². The molecule has 2 rings (SSSR count). The van der Waals surface area contributed by atoms with Gasteiger partial charge in [0.25, 0.3) is 0 Å². The van der Waals surface area contributed by atoms with E-state index in [0.29, 0.717) is 5.41 Å². The second kappa shape index (κ2) is 4.45. The Morgan fingerprint density at radius 1 is 1.20 bits per heavy atom. The van der Waals surface area contributed by atoms with Gasteiger partial charge in [0.05, 0.1) is 0 Å². The minimum Gasteiger partial charge on any atom is -0.303 e. The van der Waals surface area contributed by atoms with Crippen molar-refractivity contribution in [3.05, 3.63) is 0 Å². The molecule has 3 unspecified atom stereocenters. The first-order chi connectivity index (χ1) is 7.10. The molecule has 2 saturated heterocycles. The van der Waals surface area contributed by atoms with Crippen molar-refractivity contribution >= 4 is 0 Å². The Bertz CT molecular complexity index is 195. The van der Waals surface area contributed by atoms with Crippen molar-refractivity contribution in [3.8, 4) is 0 Å². The molecule has 2 bridgehead atoms. The van der Waals surface area contributed by atoms with Gasteiger partial charge >= 0.3 is 0 Å². The van der Waals surface area contributed by atoms with E-state index in [4.69, 9.17) is 0 Å². The van der Waals surface area contributed by atoms with Gasteiger partial charge in [-0.3, -0.25) is 0 Å². The number of rotatable bonds is 1. The molecule has 3 atom stereocenters. The summed E-state index contributed by atoms with van der Waals surface area (Å²) in [6.45, 7) is 11.4. The van der Waals surface area contributed by atoms with E-state index in [2.05, 4.69) is 25.7 Å². The van der Waals surface area contributed by atoms with Gasteiger partial charge in [0.2, 0.25) is 0 Å². The topological polar surface area (TPSA) is 3.24 Å². The van der Waals surface area contributed by atoms with Crippen molar-refractivity contribution in [3.63, 3.8) is 0 Å². The summed E-state index contributed by atoms with van der Waals surface area (Å²) in [5.41, 5.74) is 0.584. The monoisotopic (exact) mass is 209 g/mol. The third kappa shape index (κ3) is 2.55. The maximum atomic E-state index is 2.74. The summed E-state index contributed by atoms with van der Waals surface area (Å²) < 4.78 is 0. The zero-order chi connectivity index (χ0) is 10.9. The summed E-state index contributed by atoms with van der Waals surface area (Å²) in [5, 5.41) is 0. The average molecular weight is 209 g/mol. The fourth-order valence-electron chi connectivity index (χ4n) is 3.46. The molecule has 0 aromatic carbocycles. The third-order valence-corrected chi connectivity index (χ3v) is 4.84. The Hall–Kier alpha value is -0.0400. The fourth-order valence-corrected chi connectivity index (χ4v) is 3.46. The lowest BCUT2D eigenvalue weighted by molar-refractivity contribution is 0.0169. The number of piperidine rings is 1. The molecule has 1 nitrogen and oxygen atoms in total. The molecule has 0 saturated carbocycles. The van der Waals surface area contributed by atoms with Gasteiger partial charge in [-0.1, -0.05) is 33.6 Å². The van der Waals surface area contributed by atoms with Crippen LogP contribution < -0.4 is 0 Å². The molecule has 2 aliphatic rings. The Morgan fingerprint density at radius 2 is 2.00 bits per heavy atom. The lowest BCUT2D eigenvalue weighted by atomic mass is 9.68. The number of hydrogen-bond acceptors (Lipinski definition) is 1. The molecular formula is C14H27N. The van der Waals surface area contributed by atoms with Crippen LogP contribution in [0.3, 0.4) is 0 Å². The molecule has 0 aromatic rings. The SMILES string of the molecule is CC(C)C1(C)CC2CCCCCN(C2)C1. The molecule has 2 fully saturated rings. The summed E-state index contributed by atoms with van der Waals surface area (Å²) in [6.07, 6.45) is 7.33. The quantitative estimate of drug-likeness (QED) is 0.638. The van der Waals surface area contributed by atoms with Crippen molar-refractivity contribution < 1.29 is 0 Å². The van der Waals surface area contributed by atoms with E-state index < -0.39 is 0 Å². The van der Waals surface area contributed by atoms with Crippen molar-refractivity contribution in [2.24, 2.45) is 17.3 Å². The van der Waals surface area contributed by atoms with E-state index in [-0.39, 0.29) is 0 Å². The highest BCUT2D eigenvalue weighted by molar-refractivity contribution is 4.90. The first-order valence-corrected chi connectivity index (χ1v) is 6.82. The zero-order valence-corrected chi connectivity index (χ0v) is 10.8. The molecule has 0 aliphatic carbocycles.